The number of aliphatic imine (C=N–C) groups is 1. The van der Waals surface area contributed by atoms with Gasteiger partial charge in [-0.3, -0.25) is 14.6 Å². The highest BCUT2D eigenvalue weighted by molar-refractivity contribution is 6.30. The second kappa shape index (κ2) is 8.62. The van der Waals surface area contributed by atoms with Crippen molar-refractivity contribution in [3.8, 4) is 0 Å². The van der Waals surface area contributed by atoms with Crippen LogP contribution in [-0.2, 0) is 9.59 Å². The lowest BCUT2D eigenvalue weighted by Gasteiger charge is -2.44. The Bertz CT molecular complexity index is 956. The first-order chi connectivity index (χ1) is 13.9. The number of carbonyl (C=O) groups is 2. The van der Waals surface area contributed by atoms with Gasteiger partial charge in [0.25, 0.3) is 0 Å². The summed E-state index contributed by atoms with van der Waals surface area (Å²) < 4.78 is 0. The van der Waals surface area contributed by atoms with E-state index in [0.29, 0.717) is 10.6 Å². The Hall–Kier alpha value is -2.92. The Morgan fingerprint density at radius 3 is 2.48 bits per heavy atom. The molecule has 1 aliphatic rings. The van der Waals surface area contributed by atoms with Crippen LogP contribution in [0.5, 0.6) is 0 Å². The maximum absolute atomic E-state index is 12.6. The Kier molecular flexibility index (Phi) is 6.18. The van der Waals surface area contributed by atoms with Gasteiger partial charge >= 0.3 is 11.9 Å². The van der Waals surface area contributed by atoms with E-state index in [9.17, 15) is 19.8 Å². The van der Waals surface area contributed by atoms with Crippen molar-refractivity contribution in [1.29, 1.82) is 0 Å². The molecule has 4 atom stereocenters. The van der Waals surface area contributed by atoms with Crippen molar-refractivity contribution in [2.24, 2.45) is 16.3 Å². The van der Waals surface area contributed by atoms with E-state index in [-0.39, 0.29) is 6.42 Å². The Morgan fingerprint density at radius 1 is 1.14 bits per heavy atom. The molecule has 29 heavy (non-hydrogen) atoms. The van der Waals surface area contributed by atoms with E-state index in [1.165, 1.54) is 6.21 Å². The van der Waals surface area contributed by atoms with Crippen LogP contribution < -0.4 is 0 Å². The number of rotatable bonds is 6. The first kappa shape index (κ1) is 20.8. The summed E-state index contributed by atoms with van der Waals surface area (Å²) in [7, 11) is 0. The fraction of sp³-hybridized carbons (Fsp3) is 0.261. The molecule has 1 aliphatic heterocycles. The molecule has 0 fully saturated rings. The lowest BCUT2D eigenvalue weighted by molar-refractivity contribution is -0.154. The maximum atomic E-state index is 12.6. The van der Waals surface area contributed by atoms with Crippen LogP contribution in [0.15, 0.2) is 65.7 Å². The zero-order chi connectivity index (χ0) is 21.0. The highest BCUT2D eigenvalue weighted by Crippen LogP contribution is 2.50. The largest absolute Gasteiger partial charge is 0.481 e. The smallest absolute Gasteiger partial charge is 0.312 e. The van der Waals surface area contributed by atoms with Gasteiger partial charge in [-0.05, 0) is 36.6 Å². The molecule has 0 aliphatic carbocycles. The molecule has 0 amide bonds. The van der Waals surface area contributed by atoms with Gasteiger partial charge in [-0.15, -0.1) is 0 Å². The fourth-order valence-corrected chi connectivity index (χ4v) is 4.28. The van der Waals surface area contributed by atoms with Gasteiger partial charge in [0, 0.05) is 17.2 Å². The SMILES string of the molecule is CC1N=CC(C(=O)O)C(c2cccc(Cl)c2)C1(CC=Cc1ccccc1)C(=O)O. The standard InChI is InChI=1S/C23H22ClNO4/c1-15-23(22(28)29,12-6-9-16-7-3-2-4-8-16)20(19(14-25-15)21(26)27)17-10-5-11-18(24)13-17/h2-11,13-15,19-20H,12H2,1H3,(H,26,27)(H,28,29). The summed E-state index contributed by atoms with van der Waals surface area (Å²) >= 11 is 6.14. The van der Waals surface area contributed by atoms with E-state index in [1.807, 2.05) is 36.4 Å². The van der Waals surface area contributed by atoms with Gasteiger partial charge in [0.2, 0.25) is 0 Å². The molecule has 2 aromatic carbocycles. The molecule has 0 radical (unpaired) electrons. The van der Waals surface area contributed by atoms with Gasteiger partial charge in [-0.2, -0.15) is 0 Å². The third kappa shape index (κ3) is 4.10. The molecule has 0 aromatic heterocycles. The van der Waals surface area contributed by atoms with Crippen LogP contribution in [0.4, 0.5) is 0 Å². The lowest BCUT2D eigenvalue weighted by Crippen LogP contribution is -2.52. The second-order valence-corrected chi connectivity index (χ2v) is 7.67. The summed E-state index contributed by atoms with van der Waals surface area (Å²) in [6.45, 7) is 1.72. The summed E-state index contributed by atoms with van der Waals surface area (Å²) in [5, 5.41) is 20.6. The minimum absolute atomic E-state index is 0.136. The molecule has 1 heterocycles. The van der Waals surface area contributed by atoms with Crippen LogP contribution in [0, 0.1) is 11.3 Å². The molecule has 0 saturated carbocycles. The van der Waals surface area contributed by atoms with E-state index in [2.05, 4.69) is 4.99 Å². The van der Waals surface area contributed by atoms with Crippen molar-refractivity contribution in [1.82, 2.24) is 0 Å². The molecule has 2 N–H and O–H groups in total. The van der Waals surface area contributed by atoms with Crippen molar-refractivity contribution in [3.63, 3.8) is 0 Å². The molecule has 150 valence electrons. The van der Waals surface area contributed by atoms with E-state index in [1.54, 1.807) is 37.3 Å². The number of aliphatic carboxylic acids is 2. The normalized spacial score (nSPS) is 26.5. The van der Waals surface area contributed by atoms with Gasteiger partial charge in [-0.1, -0.05) is 66.2 Å². The van der Waals surface area contributed by atoms with Crippen LogP contribution in [0.2, 0.25) is 5.02 Å². The minimum atomic E-state index is -1.42. The minimum Gasteiger partial charge on any atom is -0.481 e. The number of carboxylic acids is 2. The monoisotopic (exact) mass is 411 g/mol. The molecule has 0 spiro atoms. The quantitative estimate of drug-likeness (QED) is 0.716. The molecule has 6 heteroatoms. The number of hydrogen-bond donors (Lipinski definition) is 2. The molecular weight excluding hydrogens is 390 g/mol. The number of halogens is 1. The van der Waals surface area contributed by atoms with Gasteiger partial charge < -0.3 is 10.2 Å². The zero-order valence-corrected chi connectivity index (χ0v) is 16.7. The van der Waals surface area contributed by atoms with Crippen molar-refractivity contribution < 1.29 is 19.8 Å². The Balaban J connectivity index is 2.11. The Morgan fingerprint density at radius 2 is 1.86 bits per heavy atom. The Labute approximate surface area is 174 Å². The van der Waals surface area contributed by atoms with Crippen LogP contribution in [0.25, 0.3) is 6.08 Å². The summed E-state index contributed by atoms with van der Waals surface area (Å²) in [6, 6.07) is 15.7. The zero-order valence-electron chi connectivity index (χ0n) is 15.9. The molecule has 2 aromatic rings. The summed E-state index contributed by atoms with van der Waals surface area (Å²) in [6.07, 6.45) is 5.13. The second-order valence-electron chi connectivity index (χ2n) is 7.23. The van der Waals surface area contributed by atoms with Crippen LogP contribution in [0.3, 0.4) is 0 Å². The van der Waals surface area contributed by atoms with Crippen LogP contribution in [-0.4, -0.2) is 34.4 Å². The van der Waals surface area contributed by atoms with Gasteiger partial charge in [0.15, 0.2) is 0 Å². The van der Waals surface area contributed by atoms with Crippen LogP contribution in [0.1, 0.15) is 30.4 Å². The van der Waals surface area contributed by atoms with Crippen molar-refractivity contribution in [2.75, 3.05) is 0 Å². The third-order valence-electron chi connectivity index (χ3n) is 5.59. The number of nitrogens with zero attached hydrogens (tertiary/aromatic N) is 1. The van der Waals surface area contributed by atoms with Crippen molar-refractivity contribution in [3.05, 3.63) is 76.8 Å². The summed E-state index contributed by atoms with van der Waals surface area (Å²) in [4.78, 5) is 28.9. The topological polar surface area (TPSA) is 87.0 Å². The molecular formula is C23H22ClNO4. The highest BCUT2D eigenvalue weighted by Gasteiger charge is 2.56. The average molecular weight is 412 g/mol. The van der Waals surface area contributed by atoms with E-state index in [0.717, 1.165) is 5.56 Å². The van der Waals surface area contributed by atoms with Gasteiger partial charge in [0.05, 0.1) is 12.0 Å². The van der Waals surface area contributed by atoms with E-state index in [4.69, 9.17) is 11.6 Å². The molecule has 0 saturated heterocycles. The number of carboxylic acid groups (broad SMARTS) is 2. The number of hydrogen-bond acceptors (Lipinski definition) is 3. The molecule has 4 unspecified atom stereocenters. The van der Waals surface area contributed by atoms with Crippen LogP contribution >= 0.6 is 11.6 Å². The maximum Gasteiger partial charge on any atom is 0.312 e. The highest BCUT2D eigenvalue weighted by atomic mass is 35.5. The van der Waals surface area contributed by atoms with Crippen molar-refractivity contribution in [2.45, 2.75) is 25.3 Å². The summed E-state index contributed by atoms with van der Waals surface area (Å²) in [5.74, 6) is -4.06. The fourth-order valence-electron chi connectivity index (χ4n) is 4.08. The molecule has 5 nitrogen and oxygen atoms in total. The van der Waals surface area contributed by atoms with E-state index < -0.39 is 35.2 Å². The average Bonchev–Trinajstić information content (AvgIpc) is 2.69. The molecule has 0 bridgehead atoms. The van der Waals surface area contributed by atoms with Gasteiger partial charge in [0.1, 0.15) is 5.41 Å². The third-order valence-corrected chi connectivity index (χ3v) is 5.82. The lowest BCUT2D eigenvalue weighted by atomic mass is 9.59. The van der Waals surface area contributed by atoms with Gasteiger partial charge in [-0.25, -0.2) is 0 Å². The number of allylic oxidation sites excluding steroid dienone is 1. The number of benzene rings is 2. The first-order valence-electron chi connectivity index (χ1n) is 9.33. The predicted molar refractivity (Wildman–Crippen MR) is 113 cm³/mol. The van der Waals surface area contributed by atoms with Crippen molar-refractivity contribution >= 4 is 35.8 Å². The predicted octanol–water partition coefficient (Wildman–Crippen LogP) is 4.77. The first-order valence-corrected chi connectivity index (χ1v) is 9.70. The summed E-state index contributed by atoms with van der Waals surface area (Å²) in [5.41, 5.74) is 0.0980. The molecule has 3 rings (SSSR count). The van der Waals surface area contributed by atoms with E-state index >= 15 is 0 Å².